The van der Waals surface area contributed by atoms with Crippen molar-refractivity contribution >= 4 is 10.8 Å². The van der Waals surface area contributed by atoms with Crippen LogP contribution < -0.4 is 5.73 Å². The number of nitrogens with two attached hydrogens (primary N) is 1. The highest BCUT2D eigenvalue weighted by atomic mass is 32.2. The third-order valence-corrected chi connectivity index (χ3v) is 4.46. The standard InChI is InChI=1S/C10H21NO2S/c1-9(4-6-11)14(12)8-5-10-3-2-7-13-10/h9-10H,2-8,11H2,1H3. The molecular formula is C10H21NO2S. The highest BCUT2D eigenvalue weighted by molar-refractivity contribution is 7.85. The monoisotopic (exact) mass is 219 g/mol. The summed E-state index contributed by atoms with van der Waals surface area (Å²) in [7, 11) is -0.721. The first kappa shape index (κ1) is 12.1. The fourth-order valence-corrected chi connectivity index (χ4v) is 2.98. The smallest absolute Gasteiger partial charge is 0.0584 e. The maximum atomic E-state index is 11.7. The van der Waals surface area contributed by atoms with E-state index in [-0.39, 0.29) is 5.25 Å². The Morgan fingerprint density at radius 3 is 3.00 bits per heavy atom. The van der Waals surface area contributed by atoms with Crippen LogP contribution in [0.15, 0.2) is 0 Å². The van der Waals surface area contributed by atoms with E-state index >= 15 is 0 Å². The van der Waals surface area contributed by atoms with Crippen molar-refractivity contribution < 1.29 is 8.95 Å². The van der Waals surface area contributed by atoms with Crippen molar-refractivity contribution in [3.63, 3.8) is 0 Å². The molecule has 2 N–H and O–H groups in total. The lowest BCUT2D eigenvalue weighted by atomic mass is 10.2. The topological polar surface area (TPSA) is 52.3 Å². The summed E-state index contributed by atoms with van der Waals surface area (Å²) in [6.45, 7) is 3.53. The van der Waals surface area contributed by atoms with Crippen molar-refractivity contribution in [2.45, 2.75) is 44.0 Å². The lowest BCUT2D eigenvalue weighted by Crippen LogP contribution is -2.20. The van der Waals surface area contributed by atoms with Crippen LogP contribution in [-0.4, -0.2) is 34.5 Å². The average Bonchev–Trinajstić information content (AvgIpc) is 2.67. The third-order valence-electron chi connectivity index (χ3n) is 2.69. The molecular weight excluding hydrogens is 198 g/mol. The lowest BCUT2D eigenvalue weighted by molar-refractivity contribution is 0.109. The van der Waals surface area contributed by atoms with Gasteiger partial charge < -0.3 is 10.5 Å². The minimum atomic E-state index is -0.721. The fraction of sp³-hybridized carbons (Fsp3) is 1.00. The van der Waals surface area contributed by atoms with E-state index in [1.807, 2.05) is 6.92 Å². The zero-order valence-corrected chi connectivity index (χ0v) is 9.72. The predicted molar refractivity (Wildman–Crippen MR) is 59.7 cm³/mol. The molecule has 1 aliphatic heterocycles. The van der Waals surface area contributed by atoms with Crippen LogP contribution in [0.2, 0.25) is 0 Å². The highest BCUT2D eigenvalue weighted by Gasteiger charge is 2.18. The van der Waals surface area contributed by atoms with Crippen LogP contribution in [0.25, 0.3) is 0 Å². The van der Waals surface area contributed by atoms with E-state index in [2.05, 4.69) is 0 Å². The summed E-state index contributed by atoms with van der Waals surface area (Å²) in [5.41, 5.74) is 5.43. The van der Waals surface area contributed by atoms with Crippen LogP contribution in [-0.2, 0) is 15.5 Å². The third kappa shape index (κ3) is 4.07. The van der Waals surface area contributed by atoms with Gasteiger partial charge in [0.05, 0.1) is 6.10 Å². The Balaban J connectivity index is 2.13. The summed E-state index contributed by atoms with van der Waals surface area (Å²) < 4.78 is 17.2. The minimum absolute atomic E-state index is 0.237. The molecule has 3 atom stereocenters. The number of ether oxygens (including phenoxy) is 1. The first-order valence-corrected chi connectivity index (χ1v) is 6.81. The Morgan fingerprint density at radius 1 is 1.64 bits per heavy atom. The van der Waals surface area contributed by atoms with E-state index in [0.717, 1.165) is 38.0 Å². The van der Waals surface area contributed by atoms with Gasteiger partial charge in [-0.1, -0.05) is 6.92 Å². The van der Waals surface area contributed by atoms with Crippen molar-refractivity contribution in [2.24, 2.45) is 5.73 Å². The van der Waals surface area contributed by atoms with Crippen LogP contribution in [0.5, 0.6) is 0 Å². The van der Waals surface area contributed by atoms with Gasteiger partial charge in [0.15, 0.2) is 0 Å². The van der Waals surface area contributed by atoms with Crippen molar-refractivity contribution in [1.82, 2.24) is 0 Å². The summed E-state index contributed by atoms with van der Waals surface area (Å²) in [5, 5.41) is 0.237. The molecule has 1 aliphatic rings. The second-order valence-electron chi connectivity index (χ2n) is 3.90. The molecule has 1 saturated heterocycles. The van der Waals surface area contributed by atoms with E-state index in [1.54, 1.807) is 0 Å². The van der Waals surface area contributed by atoms with Gasteiger partial charge in [-0.05, 0) is 32.2 Å². The van der Waals surface area contributed by atoms with Crippen LogP contribution in [0.1, 0.15) is 32.6 Å². The molecule has 0 radical (unpaired) electrons. The molecule has 1 fully saturated rings. The van der Waals surface area contributed by atoms with Gasteiger partial charge >= 0.3 is 0 Å². The Bertz CT molecular complexity index is 181. The zero-order valence-electron chi connectivity index (χ0n) is 8.91. The molecule has 84 valence electrons. The van der Waals surface area contributed by atoms with Gasteiger partial charge in [-0.3, -0.25) is 4.21 Å². The van der Waals surface area contributed by atoms with Gasteiger partial charge in [-0.15, -0.1) is 0 Å². The molecule has 0 saturated carbocycles. The maximum Gasteiger partial charge on any atom is 0.0584 e. The molecule has 0 aromatic carbocycles. The van der Waals surface area contributed by atoms with E-state index in [0.29, 0.717) is 12.6 Å². The van der Waals surface area contributed by atoms with Crippen molar-refractivity contribution in [3.05, 3.63) is 0 Å². The SMILES string of the molecule is CC(CCN)S(=O)CCC1CCCO1. The zero-order chi connectivity index (χ0) is 10.4. The Hall–Kier alpha value is 0.0700. The molecule has 0 spiro atoms. The number of hydrogen-bond donors (Lipinski definition) is 1. The lowest BCUT2D eigenvalue weighted by Gasteiger charge is -2.12. The van der Waals surface area contributed by atoms with Crippen LogP contribution in [0.4, 0.5) is 0 Å². The van der Waals surface area contributed by atoms with Gasteiger partial charge in [0, 0.05) is 28.4 Å². The Labute approximate surface area is 88.8 Å². The quantitative estimate of drug-likeness (QED) is 0.726. The highest BCUT2D eigenvalue weighted by Crippen LogP contribution is 2.16. The van der Waals surface area contributed by atoms with Crippen molar-refractivity contribution in [2.75, 3.05) is 18.9 Å². The van der Waals surface area contributed by atoms with Crippen molar-refractivity contribution in [3.8, 4) is 0 Å². The molecule has 14 heavy (non-hydrogen) atoms. The first-order chi connectivity index (χ1) is 6.74. The van der Waals surface area contributed by atoms with Crippen molar-refractivity contribution in [1.29, 1.82) is 0 Å². The van der Waals surface area contributed by atoms with E-state index in [4.69, 9.17) is 10.5 Å². The first-order valence-electron chi connectivity index (χ1n) is 5.43. The predicted octanol–water partition coefficient (Wildman–Crippen LogP) is 1.04. The molecule has 0 aliphatic carbocycles. The summed E-state index contributed by atoms with van der Waals surface area (Å²) >= 11 is 0. The molecule has 1 heterocycles. The molecule has 4 heteroatoms. The normalized spacial score (nSPS) is 26.3. The van der Waals surface area contributed by atoms with Crippen LogP contribution >= 0.6 is 0 Å². The summed E-state index contributed by atoms with van der Waals surface area (Å²) in [4.78, 5) is 0. The Morgan fingerprint density at radius 2 is 2.43 bits per heavy atom. The van der Waals surface area contributed by atoms with E-state index < -0.39 is 10.8 Å². The van der Waals surface area contributed by atoms with E-state index in [9.17, 15) is 4.21 Å². The summed E-state index contributed by atoms with van der Waals surface area (Å²) in [6, 6.07) is 0. The molecule has 3 nitrogen and oxygen atoms in total. The molecule has 0 amide bonds. The fourth-order valence-electron chi connectivity index (χ4n) is 1.69. The minimum Gasteiger partial charge on any atom is -0.378 e. The van der Waals surface area contributed by atoms with Crippen LogP contribution in [0, 0.1) is 0 Å². The maximum absolute atomic E-state index is 11.7. The summed E-state index contributed by atoms with van der Waals surface area (Å²) in [5.74, 6) is 0.770. The van der Waals surface area contributed by atoms with Gasteiger partial charge in [0.25, 0.3) is 0 Å². The molecule has 0 aromatic rings. The molecule has 0 aromatic heterocycles. The Kier molecular flexibility index (Phi) is 5.67. The number of rotatable bonds is 6. The molecule has 3 unspecified atom stereocenters. The largest absolute Gasteiger partial charge is 0.378 e. The van der Waals surface area contributed by atoms with Gasteiger partial charge in [-0.25, -0.2) is 0 Å². The van der Waals surface area contributed by atoms with Crippen LogP contribution in [0.3, 0.4) is 0 Å². The molecule has 0 bridgehead atoms. The molecule has 1 rings (SSSR count). The van der Waals surface area contributed by atoms with E-state index in [1.165, 1.54) is 0 Å². The average molecular weight is 219 g/mol. The second kappa shape index (κ2) is 6.53. The van der Waals surface area contributed by atoms with Gasteiger partial charge in [0.2, 0.25) is 0 Å². The summed E-state index contributed by atoms with van der Waals surface area (Å²) in [6.07, 6.45) is 4.47. The number of hydrogen-bond acceptors (Lipinski definition) is 3. The van der Waals surface area contributed by atoms with Gasteiger partial charge in [0.1, 0.15) is 0 Å². The van der Waals surface area contributed by atoms with Gasteiger partial charge in [-0.2, -0.15) is 0 Å². The second-order valence-corrected chi connectivity index (χ2v) is 5.87.